The van der Waals surface area contributed by atoms with Gasteiger partial charge in [-0.3, -0.25) is 4.79 Å². The molecule has 1 aliphatic heterocycles. The number of allylic oxidation sites excluding steroid dienone is 4. The molecular formula is C9H8O3. The summed E-state index contributed by atoms with van der Waals surface area (Å²) in [4.78, 5) is 10.9. The molecule has 1 aliphatic carbocycles. The number of ketones is 1. The predicted octanol–water partition coefficient (Wildman–Crippen LogP) is 1.59. The van der Waals surface area contributed by atoms with Crippen molar-refractivity contribution in [1.29, 1.82) is 0 Å². The minimum Gasteiger partial charge on any atom is -0.481 e. The quantitative estimate of drug-likeness (QED) is 0.591. The molecule has 62 valence electrons. The van der Waals surface area contributed by atoms with Gasteiger partial charge in [0.15, 0.2) is 5.78 Å². The Morgan fingerprint density at radius 3 is 3.00 bits per heavy atom. The summed E-state index contributed by atoms with van der Waals surface area (Å²) >= 11 is 0. The molecule has 1 N–H and O–H groups in total. The third-order valence-corrected chi connectivity index (χ3v) is 1.87. The zero-order valence-corrected chi connectivity index (χ0v) is 6.41. The van der Waals surface area contributed by atoms with Crippen molar-refractivity contribution in [2.75, 3.05) is 0 Å². The molecule has 0 radical (unpaired) electrons. The lowest BCUT2D eigenvalue weighted by Gasteiger charge is -2.18. The van der Waals surface area contributed by atoms with Crippen molar-refractivity contribution >= 4 is 5.78 Å². The highest BCUT2D eigenvalue weighted by Gasteiger charge is 2.18. The van der Waals surface area contributed by atoms with Gasteiger partial charge in [-0.15, -0.1) is 0 Å². The standard InChI is InChI=1S/C9H8O3/c10-7-3-1-6-2-4-9(11)12-8(6)5-7/h1,4-5,11H,2-3H2. The second kappa shape index (κ2) is 2.52. The summed E-state index contributed by atoms with van der Waals surface area (Å²) in [5.74, 6) is 0.391. The van der Waals surface area contributed by atoms with Crippen molar-refractivity contribution < 1.29 is 14.6 Å². The van der Waals surface area contributed by atoms with Crippen LogP contribution in [0.15, 0.2) is 35.5 Å². The Morgan fingerprint density at radius 1 is 1.33 bits per heavy atom. The minimum atomic E-state index is -0.117. The first-order valence-electron chi connectivity index (χ1n) is 3.76. The van der Waals surface area contributed by atoms with E-state index in [-0.39, 0.29) is 11.7 Å². The summed E-state index contributed by atoms with van der Waals surface area (Å²) in [7, 11) is 0. The largest absolute Gasteiger partial charge is 0.481 e. The highest BCUT2D eigenvalue weighted by molar-refractivity contribution is 5.93. The van der Waals surface area contributed by atoms with Crippen molar-refractivity contribution in [3.63, 3.8) is 0 Å². The fourth-order valence-electron chi connectivity index (χ4n) is 1.25. The molecule has 3 heteroatoms. The first-order valence-corrected chi connectivity index (χ1v) is 3.76. The van der Waals surface area contributed by atoms with E-state index < -0.39 is 0 Å². The molecular weight excluding hydrogens is 156 g/mol. The third-order valence-electron chi connectivity index (χ3n) is 1.87. The SMILES string of the molecule is O=C1C=C2OC(O)=CCC2=CC1. The van der Waals surface area contributed by atoms with Crippen LogP contribution in [0.4, 0.5) is 0 Å². The number of aliphatic hydroxyl groups excluding tert-OH is 1. The monoisotopic (exact) mass is 164 g/mol. The molecule has 0 fully saturated rings. The molecule has 1 heterocycles. The number of carbonyl (C=O) groups is 1. The first-order chi connectivity index (χ1) is 5.75. The lowest BCUT2D eigenvalue weighted by molar-refractivity contribution is -0.114. The van der Waals surface area contributed by atoms with E-state index in [1.807, 2.05) is 6.08 Å². The normalized spacial score (nSPS) is 21.7. The van der Waals surface area contributed by atoms with Crippen LogP contribution >= 0.6 is 0 Å². The van der Waals surface area contributed by atoms with E-state index >= 15 is 0 Å². The van der Waals surface area contributed by atoms with E-state index in [4.69, 9.17) is 9.84 Å². The van der Waals surface area contributed by atoms with Crippen molar-refractivity contribution in [3.8, 4) is 0 Å². The van der Waals surface area contributed by atoms with E-state index in [0.29, 0.717) is 18.6 Å². The Hall–Kier alpha value is -1.51. The Balaban J connectivity index is 2.34. The zero-order valence-electron chi connectivity index (χ0n) is 6.41. The number of hydrogen-bond donors (Lipinski definition) is 1. The van der Waals surface area contributed by atoms with Gasteiger partial charge in [0.05, 0.1) is 0 Å². The summed E-state index contributed by atoms with van der Waals surface area (Å²) in [6, 6.07) is 0. The number of rotatable bonds is 0. The van der Waals surface area contributed by atoms with Crippen LogP contribution in [-0.4, -0.2) is 10.9 Å². The lowest BCUT2D eigenvalue weighted by Crippen LogP contribution is -2.09. The van der Waals surface area contributed by atoms with Gasteiger partial charge in [0.2, 0.25) is 0 Å². The lowest BCUT2D eigenvalue weighted by atomic mass is 10.0. The number of hydrogen-bond acceptors (Lipinski definition) is 3. The molecule has 0 aromatic heterocycles. The summed E-state index contributed by atoms with van der Waals surface area (Å²) in [6.07, 6.45) is 5.93. The fourth-order valence-corrected chi connectivity index (χ4v) is 1.25. The van der Waals surface area contributed by atoms with Gasteiger partial charge in [-0.05, 0) is 5.57 Å². The molecule has 0 amide bonds. The molecule has 2 rings (SSSR count). The first kappa shape index (κ1) is 7.16. The van der Waals surface area contributed by atoms with Crippen LogP contribution in [0.1, 0.15) is 12.8 Å². The van der Waals surface area contributed by atoms with Crippen molar-refractivity contribution in [1.82, 2.24) is 0 Å². The topological polar surface area (TPSA) is 46.5 Å². The van der Waals surface area contributed by atoms with Crippen LogP contribution in [0.2, 0.25) is 0 Å². The molecule has 0 aromatic carbocycles. The summed E-state index contributed by atoms with van der Waals surface area (Å²) in [5, 5.41) is 8.99. The van der Waals surface area contributed by atoms with E-state index in [2.05, 4.69) is 0 Å². The highest BCUT2D eigenvalue weighted by Crippen LogP contribution is 2.27. The maximum Gasteiger partial charge on any atom is 0.278 e. The van der Waals surface area contributed by atoms with Crippen molar-refractivity contribution in [3.05, 3.63) is 35.5 Å². The van der Waals surface area contributed by atoms with Gasteiger partial charge in [-0.2, -0.15) is 0 Å². The van der Waals surface area contributed by atoms with Gasteiger partial charge in [-0.1, -0.05) is 6.08 Å². The highest BCUT2D eigenvalue weighted by atomic mass is 16.6. The van der Waals surface area contributed by atoms with E-state index in [0.717, 1.165) is 5.57 Å². The maximum atomic E-state index is 10.9. The van der Waals surface area contributed by atoms with Crippen LogP contribution < -0.4 is 0 Å². The molecule has 0 spiro atoms. The van der Waals surface area contributed by atoms with Crippen LogP contribution in [0.25, 0.3) is 0 Å². The molecule has 0 saturated carbocycles. The molecule has 0 bridgehead atoms. The molecule has 3 nitrogen and oxygen atoms in total. The van der Waals surface area contributed by atoms with Crippen molar-refractivity contribution in [2.24, 2.45) is 0 Å². The van der Waals surface area contributed by atoms with Gasteiger partial charge in [0, 0.05) is 25.0 Å². The Labute approximate surface area is 69.6 Å². The molecule has 0 unspecified atom stereocenters. The van der Waals surface area contributed by atoms with Crippen LogP contribution in [0.5, 0.6) is 0 Å². The van der Waals surface area contributed by atoms with Gasteiger partial charge >= 0.3 is 0 Å². The van der Waals surface area contributed by atoms with Crippen LogP contribution in [0.3, 0.4) is 0 Å². The smallest absolute Gasteiger partial charge is 0.278 e. The maximum absolute atomic E-state index is 10.9. The Kier molecular flexibility index (Phi) is 1.50. The Bertz CT molecular complexity index is 321. The second-order valence-electron chi connectivity index (χ2n) is 2.76. The van der Waals surface area contributed by atoms with Crippen LogP contribution in [0, 0.1) is 0 Å². The van der Waals surface area contributed by atoms with Gasteiger partial charge in [-0.25, -0.2) is 0 Å². The molecule has 2 aliphatic rings. The molecule has 0 saturated heterocycles. The minimum absolute atomic E-state index is 0.0171. The summed E-state index contributed by atoms with van der Waals surface area (Å²) in [6.45, 7) is 0. The summed E-state index contributed by atoms with van der Waals surface area (Å²) in [5.41, 5.74) is 0.979. The van der Waals surface area contributed by atoms with Gasteiger partial charge in [0.25, 0.3) is 5.95 Å². The predicted molar refractivity (Wildman–Crippen MR) is 42.2 cm³/mol. The number of carbonyl (C=O) groups excluding carboxylic acids is 1. The zero-order chi connectivity index (χ0) is 8.55. The van der Waals surface area contributed by atoms with Crippen molar-refractivity contribution in [2.45, 2.75) is 12.8 Å². The van der Waals surface area contributed by atoms with Gasteiger partial charge < -0.3 is 9.84 Å². The summed E-state index contributed by atoms with van der Waals surface area (Å²) < 4.78 is 4.95. The Morgan fingerprint density at radius 2 is 2.17 bits per heavy atom. The second-order valence-corrected chi connectivity index (χ2v) is 2.76. The van der Waals surface area contributed by atoms with E-state index in [1.165, 1.54) is 6.08 Å². The number of ether oxygens (including phenoxy) is 1. The number of fused-ring (bicyclic) bond motifs is 1. The molecule has 0 atom stereocenters. The van der Waals surface area contributed by atoms with Gasteiger partial charge in [0.1, 0.15) is 5.76 Å². The molecule has 0 aromatic rings. The fraction of sp³-hybridized carbons (Fsp3) is 0.222. The molecule has 12 heavy (non-hydrogen) atoms. The van der Waals surface area contributed by atoms with E-state index in [1.54, 1.807) is 6.08 Å². The third kappa shape index (κ3) is 1.13. The van der Waals surface area contributed by atoms with Crippen LogP contribution in [-0.2, 0) is 9.53 Å². The number of aliphatic hydroxyl groups is 1. The average Bonchev–Trinajstić information content (AvgIpc) is 2.03. The van der Waals surface area contributed by atoms with E-state index in [9.17, 15) is 4.79 Å². The average molecular weight is 164 g/mol.